The lowest BCUT2D eigenvalue weighted by molar-refractivity contribution is -0.142. The highest BCUT2D eigenvalue weighted by atomic mass is 32.1. The first-order valence-corrected chi connectivity index (χ1v) is 10.8. The van der Waals surface area contributed by atoms with Crippen molar-refractivity contribution in [1.82, 2.24) is 16.0 Å². The Morgan fingerprint density at radius 3 is 2.09 bits per heavy atom. The molecule has 5 atom stereocenters. The first kappa shape index (κ1) is 29.4. The molecule has 14 heteroatoms. The van der Waals surface area contributed by atoms with E-state index in [2.05, 4.69) is 33.6 Å². The van der Waals surface area contributed by atoms with E-state index in [9.17, 15) is 24.3 Å². The fourth-order valence-corrected chi connectivity index (χ4v) is 2.79. The number of carboxylic acid groups (broad SMARTS) is 1. The number of nitrogens with one attached hydrogen (secondary N) is 3. The summed E-state index contributed by atoms with van der Waals surface area (Å²) in [6.45, 7) is 3.12. The van der Waals surface area contributed by atoms with Crippen LogP contribution in [0.3, 0.4) is 0 Å². The van der Waals surface area contributed by atoms with Gasteiger partial charge in [0.25, 0.3) is 0 Å². The molecule has 0 rings (SSSR count). The second kappa shape index (κ2) is 15.3. The van der Waals surface area contributed by atoms with Crippen molar-refractivity contribution in [2.75, 3.05) is 18.9 Å². The molecule has 5 unspecified atom stereocenters. The highest BCUT2D eigenvalue weighted by Gasteiger charge is 2.32. The van der Waals surface area contributed by atoms with Gasteiger partial charge in [-0.2, -0.15) is 12.6 Å². The van der Waals surface area contributed by atoms with Crippen molar-refractivity contribution in [2.24, 2.45) is 28.1 Å². The lowest BCUT2D eigenvalue weighted by Gasteiger charge is -2.27. The van der Waals surface area contributed by atoms with E-state index in [-0.39, 0.29) is 30.6 Å². The minimum Gasteiger partial charge on any atom is -0.480 e. The van der Waals surface area contributed by atoms with Crippen LogP contribution in [0.25, 0.3) is 0 Å². The van der Waals surface area contributed by atoms with E-state index in [0.717, 1.165) is 0 Å². The molecule has 0 saturated carbocycles. The fourth-order valence-electron chi connectivity index (χ4n) is 2.53. The number of hydrogen-bond donors (Lipinski definition) is 9. The van der Waals surface area contributed by atoms with Crippen molar-refractivity contribution in [3.63, 3.8) is 0 Å². The van der Waals surface area contributed by atoms with E-state index < -0.39 is 54.5 Å². The van der Waals surface area contributed by atoms with Crippen molar-refractivity contribution in [2.45, 2.75) is 57.3 Å². The standard InChI is InChI=1S/C18H35N7O6S/c1-3-9(2)13(25-15(28)12(8-32)24-14(27)10(19)7-26)16(29)23-11(17(30)31)5-4-6-22-18(20)21/h9-13,26,32H,3-8,19H2,1-2H3,(H,23,29)(H,24,27)(H,25,28)(H,30,31)(H4,20,21,22). The first-order valence-electron chi connectivity index (χ1n) is 10.1. The Bertz CT molecular complexity index is 674. The quantitative estimate of drug-likeness (QED) is 0.0501. The number of nitrogens with two attached hydrogens (primary N) is 3. The van der Waals surface area contributed by atoms with E-state index in [0.29, 0.717) is 12.8 Å². The Morgan fingerprint density at radius 2 is 1.62 bits per heavy atom. The third-order valence-corrected chi connectivity index (χ3v) is 5.07. The van der Waals surface area contributed by atoms with E-state index in [1.807, 2.05) is 0 Å². The minimum absolute atomic E-state index is 0.0768. The number of carbonyl (C=O) groups excluding carboxylic acids is 3. The van der Waals surface area contributed by atoms with Gasteiger partial charge in [0.2, 0.25) is 17.7 Å². The van der Waals surface area contributed by atoms with Crippen LogP contribution in [0.15, 0.2) is 4.99 Å². The number of thiol groups is 1. The molecule has 0 aromatic rings. The average molecular weight is 478 g/mol. The van der Waals surface area contributed by atoms with Crippen molar-refractivity contribution in [3.05, 3.63) is 0 Å². The highest BCUT2D eigenvalue weighted by Crippen LogP contribution is 2.10. The summed E-state index contributed by atoms with van der Waals surface area (Å²) in [6, 6.07) is -4.59. The number of aliphatic hydroxyl groups is 1. The zero-order valence-corrected chi connectivity index (χ0v) is 19.2. The van der Waals surface area contributed by atoms with Crippen LogP contribution in [-0.2, 0) is 19.2 Å². The molecular weight excluding hydrogens is 442 g/mol. The number of aliphatic imine (C=N–C) groups is 1. The molecule has 0 saturated heterocycles. The Morgan fingerprint density at radius 1 is 1.03 bits per heavy atom. The number of carboxylic acids is 1. The molecule has 0 spiro atoms. The van der Waals surface area contributed by atoms with Crippen LogP contribution in [0.4, 0.5) is 0 Å². The Kier molecular flexibility index (Phi) is 14.0. The normalized spacial score (nSPS) is 15.4. The Hall–Kier alpha value is -2.58. The van der Waals surface area contributed by atoms with Gasteiger partial charge in [-0.25, -0.2) is 4.79 Å². The van der Waals surface area contributed by atoms with E-state index in [1.54, 1.807) is 13.8 Å². The Labute approximate surface area is 192 Å². The second-order valence-electron chi connectivity index (χ2n) is 7.25. The van der Waals surface area contributed by atoms with E-state index in [1.165, 1.54) is 0 Å². The van der Waals surface area contributed by atoms with Gasteiger partial charge in [0.15, 0.2) is 5.96 Å². The summed E-state index contributed by atoms with van der Waals surface area (Å²) in [5.41, 5.74) is 15.9. The summed E-state index contributed by atoms with van der Waals surface area (Å²) in [5.74, 6) is -3.92. The molecule has 0 aliphatic carbocycles. The van der Waals surface area contributed by atoms with Crippen LogP contribution in [0.1, 0.15) is 33.1 Å². The molecule has 184 valence electrons. The van der Waals surface area contributed by atoms with Gasteiger partial charge in [0.05, 0.1) is 6.61 Å². The number of guanidine groups is 1. The summed E-state index contributed by atoms with van der Waals surface area (Å²) in [7, 11) is 0. The smallest absolute Gasteiger partial charge is 0.326 e. The number of carbonyl (C=O) groups is 4. The van der Waals surface area contributed by atoms with Gasteiger partial charge in [0, 0.05) is 12.3 Å². The lowest BCUT2D eigenvalue weighted by atomic mass is 9.97. The Balaban J connectivity index is 5.26. The molecule has 0 radical (unpaired) electrons. The first-order chi connectivity index (χ1) is 15.0. The van der Waals surface area contributed by atoms with Gasteiger partial charge >= 0.3 is 5.97 Å². The summed E-state index contributed by atoms with van der Waals surface area (Å²) in [5, 5.41) is 25.7. The molecule has 0 bridgehead atoms. The molecule has 3 amide bonds. The fraction of sp³-hybridized carbons (Fsp3) is 0.722. The average Bonchev–Trinajstić information content (AvgIpc) is 2.75. The maximum atomic E-state index is 12.8. The zero-order chi connectivity index (χ0) is 24.8. The molecule has 0 aromatic heterocycles. The highest BCUT2D eigenvalue weighted by molar-refractivity contribution is 7.80. The molecular formula is C18H35N7O6S. The number of aliphatic hydroxyl groups excluding tert-OH is 1. The third-order valence-electron chi connectivity index (χ3n) is 4.70. The molecule has 0 aliphatic heterocycles. The van der Waals surface area contributed by atoms with Gasteiger partial charge in [-0.1, -0.05) is 20.3 Å². The van der Waals surface area contributed by atoms with Crippen molar-refractivity contribution in [1.29, 1.82) is 0 Å². The van der Waals surface area contributed by atoms with Gasteiger partial charge in [0.1, 0.15) is 24.2 Å². The molecule has 0 heterocycles. The maximum Gasteiger partial charge on any atom is 0.326 e. The van der Waals surface area contributed by atoms with Crippen molar-refractivity contribution < 1.29 is 29.4 Å². The summed E-state index contributed by atoms with van der Waals surface area (Å²) in [6.07, 6.45) is 0.898. The van der Waals surface area contributed by atoms with E-state index >= 15 is 0 Å². The minimum atomic E-state index is -1.24. The summed E-state index contributed by atoms with van der Waals surface area (Å²) >= 11 is 4.03. The maximum absolute atomic E-state index is 12.8. The number of rotatable bonds is 15. The SMILES string of the molecule is CCC(C)C(NC(=O)C(CS)NC(=O)C(N)CO)C(=O)NC(CCCN=C(N)N)C(=O)O. The zero-order valence-electron chi connectivity index (χ0n) is 18.3. The van der Waals surface area contributed by atoms with Gasteiger partial charge in [-0.3, -0.25) is 19.4 Å². The lowest BCUT2D eigenvalue weighted by Crippen LogP contribution is -2.59. The summed E-state index contributed by atoms with van der Waals surface area (Å²) in [4.78, 5) is 52.6. The monoisotopic (exact) mass is 477 g/mol. The molecule has 32 heavy (non-hydrogen) atoms. The van der Waals surface area contributed by atoms with Gasteiger partial charge < -0.3 is 43.4 Å². The molecule has 0 fully saturated rings. The number of nitrogens with zero attached hydrogens (tertiary/aromatic N) is 1. The molecule has 11 N–H and O–H groups in total. The second-order valence-corrected chi connectivity index (χ2v) is 7.62. The van der Waals surface area contributed by atoms with E-state index in [4.69, 9.17) is 22.3 Å². The van der Waals surface area contributed by atoms with Crippen molar-refractivity contribution in [3.8, 4) is 0 Å². The topological polar surface area (TPSA) is 235 Å². The number of amides is 3. The largest absolute Gasteiger partial charge is 0.480 e. The predicted octanol–water partition coefficient (Wildman–Crippen LogP) is -3.13. The van der Waals surface area contributed by atoms with Crippen LogP contribution >= 0.6 is 12.6 Å². The number of hydrogen-bond acceptors (Lipinski definition) is 8. The van der Waals surface area contributed by atoms with Gasteiger partial charge in [-0.05, 0) is 18.8 Å². The third kappa shape index (κ3) is 10.6. The van der Waals surface area contributed by atoms with Crippen molar-refractivity contribution >= 4 is 42.3 Å². The van der Waals surface area contributed by atoms with Crippen LogP contribution in [0.2, 0.25) is 0 Å². The molecule has 13 nitrogen and oxygen atoms in total. The van der Waals surface area contributed by atoms with Crippen LogP contribution in [-0.4, -0.2) is 82.9 Å². The molecule has 0 aromatic carbocycles. The summed E-state index contributed by atoms with van der Waals surface area (Å²) < 4.78 is 0. The van der Waals surface area contributed by atoms with Crippen LogP contribution < -0.4 is 33.2 Å². The van der Waals surface area contributed by atoms with Gasteiger partial charge in [-0.15, -0.1) is 0 Å². The van der Waals surface area contributed by atoms with Crippen LogP contribution in [0, 0.1) is 5.92 Å². The van der Waals surface area contributed by atoms with Crippen LogP contribution in [0.5, 0.6) is 0 Å². The molecule has 0 aliphatic rings. The number of aliphatic carboxylic acids is 1. The predicted molar refractivity (Wildman–Crippen MR) is 122 cm³/mol.